The molecule has 0 unspecified atom stereocenters. The Bertz CT molecular complexity index is 986. The van der Waals surface area contributed by atoms with Crippen LogP contribution in [0.4, 0.5) is 0 Å². The SMILES string of the molecule is Cc1ccc(Cn2nc(C)c3cc(C(=O)O[C@H](C)C(=O)N(C)C)sc32)cc1. The van der Waals surface area contributed by atoms with Crippen molar-refractivity contribution >= 4 is 33.4 Å². The summed E-state index contributed by atoms with van der Waals surface area (Å²) in [6, 6.07) is 10.1. The molecule has 7 heteroatoms. The van der Waals surface area contributed by atoms with Crippen LogP contribution in [-0.2, 0) is 16.1 Å². The van der Waals surface area contributed by atoms with Gasteiger partial charge in [0.2, 0.25) is 0 Å². The van der Waals surface area contributed by atoms with Crippen LogP contribution in [0.2, 0.25) is 0 Å². The minimum absolute atomic E-state index is 0.244. The fraction of sp³-hybridized carbons (Fsp3) is 0.350. The molecule has 0 saturated heterocycles. The zero-order valence-corrected chi connectivity index (χ0v) is 17.0. The number of amides is 1. The Hall–Kier alpha value is -2.67. The van der Waals surface area contributed by atoms with Crippen molar-refractivity contribution in [3.8, 4) is 0 Å². The van der Waals surface area contributed by atoms with Crippen LogP contribution in [0.5, 0.6) is 0 Å². The van der Waals surface area contributed by atoms with Crippen molar-refractivity contribution in [2.24, 2.45) is 0 Å². The first kappa shape index (κ1) is 19.1. The van der Waals surface area contributed by atoms with E-state index < -0.39 is 12.1 Å². The minimum Gasteiger partial charge on any atom is -0.448 e. The van der Waals surface area contributed by atoms with Crippen LogP contribution < -0.4 is 0 Å². The van der Waals surface area contributed by atoms with E-state index in [1.807, 2.05) is 11.6 Å². The molecule has 2 heterocycles. The molecule has 0 bridgehead atoms. The molecule has 1 aromatic carbocycles. The van der Waals surface area contributed by atoms with Gasteiger partial charge in [-0.3, -0.25) is 9.48 Å². The third kappa shape index (κ3) is 4.03. The Morgan fingerprint density at radius 2 is 1.89 bits per heavy atom. The predicted octanol–water partition coefficient (Wildman–Crippen LogP) is 3.40. The number of rotatable bonds is 5. The summed E-state index contributed by atoms with van der Waals surface area (Å²) in [4.78, 5) is 27.2. The Labute approximate surface area is 162 Å². The van der Waals surface area contributed by atoms with E-state index in [4.69, 9.17) is 4.74 Å². The summed E-state index contributed by atoms with van der Waals surface area (Å²) in [6.45, 7) is 6.19. The monoisotopic (exact) mass is 385 g/mol. The number of thiophene rings is 1. The average molecular weight is 385 g/mol. The number of aryl methyl sites for hydroxylation is 2. The molecule has 0 fully saturated rings. The van der Waals surface area contributed by atoms with Gasteiger partial charge in [-0.25, -0.2) is 4.79 Å². The van der Waals surface area contributed by atoms with E-state index >= 15 is 0 Å². The smallest absolute Gasteiger partial charge is 0.349 e. The molecule has 0 N–H and O–H groups in total. The van der Waals surface area contributed by atoms with Gasteiger partial charge < -0.3 is 9.64 Å². The Balaban J connectivity index is 1.83. The molecular formula is C20H23N3O3S. The van der Waals surface area contributed by atoms with Gasteiger partial charge in [0.1, 0.15) is 9.71 Å². The van der Waals surface area contributed by atoms with Crippen molar-refractivity contribution < 1.29 is 14.3 Å². The van der Waals surface area contributed by atoms with E-state index in [0.717, 1.165) is 21.5 Å². The summed E-state index contributed by atoms with van der Waals surface area (Å²) in [7, 11) is 3.27. The topological polar surface area (TPSA) is 64.4 Å². The zero-order chi connectivity index (χ0) is 19.7. The first-order valence-electron chi connectivity index (χ1n) is 8.71. The Morgan fingerprint density at radius 3 is 2.52 bits per heavy atom. The molecule has 6 nitrogen and oxygen atoms in total. The lowest BCUT2D eigenvalue weighted by Gasteiger charge is -2.16. The Kier molecular flexibility index (Phi) is 5.32. The number of carbonyl (C=O) groups excluding carboxylic acids is 2. The number of benzene rings is 1. The third-order valence-corrected chi connectivity index (χ3v) is 5.46. The molecule has 0 radical (unpaired) electrons. The highest BCUT2D eigenvalue weighted by Crippen LogP contribution is 2.29. The number of carbonyl (C=O) groups is 2. The lowest BCUT2D eigenvalue weighted by molar-refractivity contribution is -0.137. The number of nitrogens with zero attached hydrogens (tertiary/aromatic N) is 3. The van der Waals surface area contributed by atoms with Gasteiger partial charge in [-0.1, -0.05) is 29.8 Å². The molecule has 0 spiro atoms. The van der Waals surface area contributed by atoms with Gasteiger partial charge in [0, 0.05) is 19.5 Å². The highest BCUT2D eigenvalue weighted by atomic mass is 32.1. The first-order chi connectivity index (χ1) is 12.8. The van der Waals surface area contributed by atoms with Crippen molar-refractivity contribution in [1.29, 1.82) is 0 Å². The normalized spacial score (nSPS) is 12.2. The van der Waals surface area contributed by atoms with Crippen LogP contribution in [0.3, 0.4) is 0 Å². The molecule has 0 saturated carbocycles. The standard InChI is InChI=1S/C20H23N3O3S/c1-12-6-8-15(9-7-12)11-23-19-16(13(2)21-23)10-17(27-19)20(25)26-14(3)18(24)22(4)5/h6-10,14H,11H2,1-5H3/t14-/m1/s1. The predicted molar refractivity (Wildman–Crippen MR) is 106 cm³/mol. The molecule has 0 aliphatic rings. The molecule has 142 valence electrons. The summed E-state index contributed by atoms with van der Waals surface area (Å²) >= 11 is 1.34. The Morgan fingerprint density at radius 1 is 1.22 bits per heavy atom. The van der Waals surface area contributed by atoms with E-state index in [1.165, 1.54) is 21.8 Å². The quantitative estimate of drug-likeness (QED) is 0.632. The third-order valence-electron chi connectivity index (χ3n) is 4.33. The number of aromatic nitrogens is 2. The molecule has 1 amide bonds. The van der Waals surface area contributed by atoms with E-state index in [0.29, 0.717) is 11.4 Å². The second-order valence-corrected chi connectivity index (χ2v) is 7.87. The number of likely N-dealkylation sites (N-methyl/N-ethyl adjacent to an activating group) is 1. The maximum absolute atomic E-state index is 12.5. The van der Waals surface area contributed by atoms with Crippen LogP contribution in [0.25, 0.3) is 10.2 Å². The summed E-state index contributed by atoms with van der Waals surface area (Å²) in [6.07, 6.45) is -0.817. The number of ether oxygens (including phenoxy) is 1. The summed E-state index contributed by atoms with van der Waals surface area (Å²) in [5.41, 5.74) is 3.22. The van der Waals surface area contributed by atoms with Gasteiger partial charge in [0.15, 0.2) is 6.10 Å². The van der Waals surface area contributed by atoms with Crippen LogP contribution >= 0.6 is 11.3 Å². The van der Waals surface area contributed by atoms with Gasteiger partial charge in [-0.15, -0.1) is 11.3 Å². The maximum atomic E-state index is 12.5. The molecular weight excluding hydrogens is 362 g/mol. The van der Waals surface area contributed by atoms with Gasteiger partial charge in [0.05, 0.1) is 12.2 Å². The molecule has 2 aromatic heterocycles. The van der Waals surface area contributed by atoms with Gasteiger partial charge >= 0.3 is 5.97 Å². The van der Waals surface area contributed by atoms with E-state index in [-0.39, 0.29) is 5.91 Å². The summed E-state index contributed by atoms with van der Waals surface area (Å²) in [5.74, 6) is -0.730. The van der Waals surface area contributed by atoms with Crippen molar-refractivity contribution in [3.63, 3.8) is 0 Å². The molecule has 27 heavy (non-hydrogen) atoms. The summed E-state index contributed by atoms with van der Waals surface area (Å²) < 4.78 is 7.23. The summed E-state index contributed by atoms with van der Waals surface area (Å²) in [5, 5.41) is 5.53. The van der Waals surface area contributed by atoms with Crippen LogP contribution in [-0.4, -0.2) is 46.8 Å². The van der Waals surface area contributed by atoms with E-state index in [9.17, 15) is 9.59 Å². The highest BCUT2D eigenvalue weighted by molar-refractivity contribution is 7.20. The first-order valence-corrected chi connectivity index (χ1v) is 9.52. The van der Waals surface area contributed by atoms with Crippen LogP contribution in [0.1, 0.15) is 33.4 Å². The highest BCUT2D eigenvalue weighted by Gasteiger charge is 2.23. The van der Waals surface area contributed by atoms with Gasteiger partial charge in [-0.05, 0) is 32.4 Å². The van der Waals surface area contributed by atoms with Gasteiger partial charge in [-0.2, -0.15) is 5.10 Å². The molecule has 0 aliphatic carbocycles. The van der Waals surface area contributed by atoms with Gasteiger partial charge in [0.25, 0.3) is 5.91 Å². The lowest BCUT2D eigenvalue weighted by Crippen LogP contribution is -2.34. The molecule has 0 aliphatic heterocycles. The minimum atomic E-state index is -0.817. The second-order valence-electron chi connectivity index (χ2n) is 6.84. The number of hydrogen-bond donors (Lipinski definition) is 0. The number of hydrogen-bond acceptors (Lipinski definition) is 5. The van der Waals surface area contributed by atoms with Crippen LogP contribution in [0.15, 0.2) is 30.3 Å². The lowest BCUT2D eigenvalue weighted by atomic mass is 10.1. The fourth-order valence-corrected chi connectivity index (χ4v) is 3.86. The maximum Gasteiger partial charge on any atom is 0.349 e. The fourth-order valence-electron chi connectivity index (χ4n) is 2.82. The number of esters is 1. The molecule has 3 aromatic rings. The molecule has 1 atom stereocenters. The van der Waals surface area contributed by atoms with Crippen molar-refractivity contribution in [2.75, 3.05) is 14.1 Å². The number of fused-ring (bicyclic) bond motifs is 1. The van der Waals surface area contributed by atoms with Crippen molar-refractivity contribution in [2.45, 2.75) is 33.4 Å². The largest absolute Gasteiger partial charge is 0.448 e. The zero-order valence-electron chi connectivity index (χ0n) is 16.1. The second kappa shape index (κ2) is 7.52. The van der Waals surface area contributed by atoms with Crippen LogP contribution in [0, 0.1) is 13.8 Å². The molecule has 3 rings (SSSR count). The van der Waals surface area contributed by atoms with Crippen molar-refractivity contribution in [1.82, 2.24) is 14.7 Å². The van der Waals surface area contributed by atoms with E-state index in [1.54, 1.807) is 27.1 Å². The average Bonchev–Trinajstić information content (AvgIpc) is 3.18. The van der Waals surface area contributed by atoms with Crippen molar-refractivity contribution in [3.05, 3.63) is 52.0 Å². The van der Waals surface area contributed by atoms with E-state index in [2.05, 4.69) is 36.3 Å².